The molecule has 0 aliphatic carbocycles. The fourth-order valence-corrected chi connectivity index (χ4v) is 3.46. The third-order valence-corrected chi connectivity index (χ3v) is 5.02. The molecule has 1 aliphatic heterocycles. The number of hydrogen-bond acceptors (Lipinski definition) is 5. The van der Waals surface area contributed by atoms with Crippen LogP contribution in [0.4, 0.5) is 0 Å². The number of ether oxygens (including phenoxy) is 3. The Morgan fingerprint density at radius 2 is 1.82 bits per heavy atom. The van der Waals surface area contributed by atoms with Crippen LogP contribution in [0.15, 0.2) is 29.8 Å². The Labute approximate surface area is 168 Å². The molecule has 1 heterocycles. The monoisotopic (exact) mass is 390 g/mol. The topological polar surface area (TPSA) is 67.4 Å². The first-order chi connectivity index (χ1) is 13.6. The van der Waals surface area contributed by atoms with Crippen molar-refractivity contribution in [3.8, 4) is 17.2 Å². The Kier molecular flexibility index (Phi) is 8.94. The number of benzene rings is 1. The van der Waals surface area contributed by atoms with Crippen LogP contribution in [0, 0.1) is 0 Å². The maximum Gasteiger partial charge on any atom is 0.191 e. The maximum atomic E-state index is 5.52. The molecule has 0 aromatic heterocycles. The van der Waals surface area contributed by atoms with Crippen molar-refractivity contribution in [3.05, 3.63) is 30.4 Å². The number of nitrogens with one attached hydrogen (secondary N) is 2. The number of hydrogen-bond donors (Lipinski definition) is 2. The maximum absolute atomic E-state index is 5.52. The van der Waals surface area contributed by atoms with Gasteiger partial charge in [-0.1, -0.05) is 6.08 Å². The second kappa shape index (κ2) is 11.4. The quantitative estimate of drug-likeness (QED) is 0.382. The van der Waals surface area contributed by atoms with E-state index >= 15 is 0 Å². The van der Waals surface area contributed by atoms with Crippen molar-refractivity contribution < 1.29 is 14.2 Å². The zero-order chi connectivity index (χ0) is 20.4. The van der Waals surface area contributed by atoms with Gasteiger partial charge in [-0.2, -0.15) is 0 Å². The van der Waals surface area contributed by atoms with Crippen LogP contribution in [0.25, 0.3) is 0 Å². The third-order valence-electron chi connectivity index (χ3n) is 5.02. The average molecular weight is 391 g/mol. The van der Waals surface area contributed by atoms with Gasteiger partial charge in [0.1, 0.15) is 17.2 Å². The minimum absolute atomic E-state index is 0.442. The number of aliphatic imine (C=N–C) groups is 1. The highest BCUT2D eigenvalue weighted by molar-refractivity contribution is 5.80. The van der Waals surface area contributed by atoms with E-state index in [9.17, 15) is 0 Å². The van der Waals surface area contributed by atoms with Crippen molar-refractivity contribution in [2.24, 2.45) is 4.99 Å². The molecule has 2 rings (SSSR count). The molecular formula is C21H34N4O3. The van der Waals surface area contributed by atoms with E-state index in [1.807, 2.05) is 18.2 Å². The van der Waals surface area contributed by atoms with Crippen LogP contribution in [-0.2, 0) is 6.42 Å². The highest BCUT2D eigenvalue weighted by Crippen LogP contribution is 2.34. The van der Waals surface area contributed by atoms with E-state index in [2.05, 4.69) is 27.1 Å². The standard InChI is InChI=1S/C21H34N4O3/c1-6-11-25-12-8-16(9-13-25)24-21(22-2)23-10-7-18-19(27-4)14-17(26-3)15-20(18)28-5/h6,14-16H,1,7-13H2,2-5H3,(H2,22,23,24). The lowest BCUT2D eigenvalue weighted by Crippen LogP contribution is -2.49. The van der Waals surface area contributed by atoms with Crippen LogP contribution in [0.2, 0.25) is 0 Å². The molecule has 1 saturated heterocycles. The van der Waals surface area contributed by atoms with E-state index in [-0.39, 0.29) is 0 Å². The predicted octanol–water partition coefficient (Wildman–Crippen LogP) is 2.07. The van der Waals surface area contributed by atoms with Crippen LogP contribution in [0.3, 0.4) is 0 Å². The normalized spacial score (nSPS) is 15.8. The first-order valence-corrected chi connectivity index (χ1v) is 9.74. The summed E-state index contributed by atoms with van der Waals surface area (Å²) < 4.78 is 16.3. The van der Waals surface area contributed by atoms with Gasteiger partial charge in [-0.3, -0.25) is 9.89 Å². The minimum Gasteiger partial charge on any atom is -0.496 e. The van der Waals surface area contributed by atoms with Gasteiger partial charge in [0, 0.05) is 57.0 Å². The van der Waals surface area contributed by atoms with Crippen LogP contribution in [0.5, 0.6) is 17.2 Å². The number of likely N-dealkylation sites (tertiary alicyclic amines) is 1. The van der Waals surface area contributed by atoms with Gasteiger partial charge in [0.25, 0.3) is 0 Å². The largest absolute Gasteiger partial charge is 0.496 e. The van der Waals surface area contributed by atoms with Crippen LogP contribution in [-0.4, -0.2) is 71.5 Å². The highest BCUT2D eigenvalue weighted by Gasteiger charge is 2.19. The summed E-state index contributed by atoms with van der Waals surface area (Å²) in [5.41, 5.74) is 1.01. The number of nitrogens with zero attached hydrogens (tertiary/aromatic N) is 2. The predicted molar refractivity (Wildman–Crippen MR) is 114 cm³/mol. The van der Waals surface area contributed by atoms with Crippen LogP contribution in [0.1, 0.15) is 18.4 Å². The lowest BCUT2D eigenvalue weighted by molar-refractivity contribution is 0.225. The molecule has 156 valence electrons. The Hall–Kier alpha value is -2.41. The molecule has 2 N–H and O–H groups in total. The molecule has 0 atom stereocenters. The van der Waals surface area contributed by atoms with Crippen molar-refractivity contribution in [2.75, 3.05) is 54.6 Å². The SMILES string of the molecule is C=CCN1CCC(NC(=NC)NCCc2c(OC)cc(OC)cc2OC)CC1. The van der Waals surface area contributed by atoms with E-state index in [1.54, 1.807) is 28.4 Å². The summed E-state index contributed by atoms with van der Waals surface area (Å²) >= 11 is 0. The average Bonchev–Trinajstić information content (AvgIpc) is 2.74. The number of methoxy groups -OCH3 is 3. The van der Waals surface area contributed by atoms with Crippen molar-refractivity contribution in [3.63, 3.8) is 0 Å². The van der Waals surface area contributed by atoms with Gasteiger partial charge < -0.3 is 24.8 Å². The van der Waals surface area contributed by atoms with Crippen LogP contribution >= 0.6 is 0 Å². The Balaban J connectivity index is 1.88. The van der Waals surface area contributed by atoms with Gasteiger partial charge in [0.15, 0.2) is 5.96 Å². The molecular weight excluding hydrogens is 356 g/mol. The Morgan fingerprint density at radius 3 is 2.32 bits per heavy atom. The molecule has 0 saturated carbocycles. The second-order valence-electron chi connectivity index (χ2n) is 6.77. The molecule has 0 spiro atoms. The van der Waals surface area contributed by atoms with E-state index in [1.165, 1.54) is 0 Å². The highest BCUT2D eigenvalue weighted by atomic mass is 16.5. The molecule has 7 nitrogen and oxygen atoms in total. The third kappa shape index (κ3) is 6.05. The van der Waals surface area contributed by atoms with E-state index in [0.717, 1.165) is 61.9 Å². The molecule has 0 radical (unpaired) electrons. The molecule has 7 heteroatoms. The zero-order valence-electron chi connectivity index (χ0n) is 17.6. The molecule has 1 fully saturated rings. The lowest BCUT2D eigenvalue weighted by atomic mass is 10.1. The van der Waals surface area contributed by atoms with Gasteiger partial charge >= 0.3 is 0 Å². The van der Waals surface area contributed by atoms with Crippen molar-refractivity contribution in [1.29, 1.82) is 0 Å². The van der Waals surface area contributed by atoms with Crippen molar-refractivity contribution in [2.45, 2.75) is 25.3 Å². The van der Waals surface area contributed by atoms with E-state index < -0.39 is 0 Å². The van der Waals surface area contributed by atoms with Gasteiger partial charge in [-0.05, 0) is 19.3 Å². The molecule has 0 bridgehead atoms. The van der Waals surface area contributed by atoms with Gasteiger partial charge in [-0.15, -0.1) is 6.58 Å². The first kappa shape index (κ1) is 21.9. The smallest absolute Gasteiger partial charge is 0.191 e. The summed E-state index contributed by atoms with van der Waals surface area (Å²) in [7, 11) is 6.75. The summed E-state index contributed by atoms with van der Waals surface area (Å²) in [5.74, 6) is 3.06. The van der Waals surface area contributed by atoms with E-state index in [0.29, 0.717) is 18.3 Å². The van der Waals surface area contributed by atoms with Crippen molar-refractivity contribution in [1.82, 2.24) is 15.5 Å². The molecule has 1 aromatic rings. The van der Waals surface area contributed by atoms with Crippen LogP contribution < -0.4 is 24.8 Å². The summed E-state index contributed by atoms with van der Waals surface area (Å²) in [4.78, 5) is 6.78. The van der Waals surface area contributed by atoms with Gasteiger partial charge in [0.05, 0.1) is 21.3 Å². The molecule has 28 heavy (non-hydrogen) atoms. The zero-order valence-corrected chi connectivity index (χ0v) is 17.6. The fourth-order valence-electron chi connectivity index (χ4n) is 3.46. The number of piperidine rings is 1. The molecule has 0 amide bonds. The second-order valence-corrected chi connectivity index (χ2v) is 6.77. The number of guanidine groups is 1. The van der Waals surface area contributed by atoms with E-state index in [4.69, 9.17) is 14.2 Å². The molecule has 1 aliphatic rings. The summed E-state index contributed by atoms with van der Waals surface area (Å²) in [6.45, 7) is 7.67. The minimum atomic E-state index is 0.442. The Bertz CT molecular complexity index is 630. The number of rotatable bonds is 9. The lowest BCUT2D eigenvalue weighted by Gasteiger charge is -2.32. The molecule has 0 unspecified atom stereocenters. The fraction of sp³-hybridized carbons (Fsp3) is 0.571. The van der Waals surface area contributed by atoms with Gasteiger partial charge in [0.2, 0.25) is 0 Å². The summed E-state index contributed by atoms with van der Waals surface area (Å²) in [6, 6.07) is 4.20. The first-order valence-electron chi connectivity index (χ1n) is 9.74. The van der Waals surface area contributed by atoms with Crippen molar-refractivity contribution >= 4 is 5.96 Å². The summed E-state index contributed by atoms with van der Waals surface area (Å²) in [6.07, 6.45) is 4.92. The molecule has 1 aromatic carbocycles. The van der Waals surface area contributed by atoms with Gasteiger partial charge in [-0.25, -0.2) is 0 Å². The Morgan fingerprint density at radius 1 is 1.18 bits per heavy atom. The summed E-state index contributed by atoms with van der Waals surface area (Å²) in [5, 5.41) is 6.93.